The number of aryl methyl sites for hydroxylation is 6. The molecule has 0 amide bonds. The maximum absolute atomic E-state index is 12.2. The number of nitrogens with one attached hydrogen (secondary N) is 1. The molecule has 0 spiro atoms. The summed E-state index contributed by atoms with van der Waals surface area (Å²) in [6, 6.07) is 33.1. The van der Waals surface area contributed by atoms with Crippen LogP contribution in [0.25, 0.3) is 22.3 Å². The molecule has 8 nitrogen and oxygen atoms in total. The Labute approximate surface area is 334 Å². The second kappa shape index (κ2) is 16.8. The summed E-state index contributed by atoms with van der Waals surface area (Å²) in [6.07, 6.45) is 7.50. The van der Waals surface area contributed by atoms with E-state index >= 15 is 0 Å². The van der Waals surface area contributed by atoms with Gasteiger partial charge in [-0.3, -0.25) is 19.2 Å². The number of rotatable bonds is 8. The first kappa shape index (κ1) is 39.0. The summed E-state index contributed by atoms with van der Waals surface area (Å²) >= 11 is 0. The van der Waals surface area contributed by atoms with Crippen LogP contribution in [-0.4, -0.2) is 27.7 Å². The zero-order chi connectivity index (χ0) is 40.2. The number of hydrogen-bond acceptors (Lipinski definition) is 6. The molecule has 290 valence electrons. The molecule has 0 saturated heterocycles. The van der Waals surface area contributed by atoms with E-state index in [2.05, 4.69) is 65.8 Å². The average Bonchev–Trinajstić information content (AvgIpc) is 3.21. The fraction of sp³-hybridized carbons (Fsp3) is 0.265. The van der Waals surface area contributed by atoms with E-state index in [-0.39, 0.29) is 11.1 Å². The summed E-state index contributed by atoms with van der Waals surface area (Å²) in [5, 5.41) is 3.54. The van der Waals surface area contributed by atoms with Crippen LogP contribution in [0.2, 0.25) is 0 Å². The Kier molecular flexibility index (Phi) is 11.5. The van der Waals surface area contributed by atoms with Crippen LogP contribution >= 0.6 is 0 Å². The number of carbonyl (C=O) groups is 2. The molecule has 6 aromatic rings. The number of fused-ring (bicyclic) bond motifs is 2. The van der Waals surface area contributed by atoms with Crippen LogP contribution in [0, 0.1) is 13.8 Å². The van der Waals surface area contributed by atoms with Gasteiger partial charge in [-0.15, -0.1) is 0 Å². The van der Waals surface area contributed by atoms with E-state index in [1.165, 1.54) is 22.3 Å². The lowest BCUT2D eigenvalue weighted by molar-refractivity contribution is -0.119. The predicted octanol–water partition coefficient (Wildman–Crippen LogP) is 8.09. The number of aromatic nitrogens is 2. The van der Waals surface area contributed by atoms with Crippen molar-refractivity contribution in [3.05, 3.63) is 175 Å². The molecule has 1 N–H and O–H groups in total. The lowest BCUT2D eigenvalue weighted by atomic mass is 9.86. The number of benzene rings is 4. The highest BCUT2D eigenvalue weighted by atomic mass is 16.1. The Balaban J connectivity index is 0.000000174. The topological polar surface area (TPSA) is 93.4 Å². The number of carbonyl (C=O) groups excluding carboxylic acids is 2. The second-order valence-electron chi connectivity index (χ2n) is 15.6. The lowest BCUT2D eigenvalue weighted by Gasteiger charge is -2.27. The third-order valence-corrected chi connectivity index (χ3v) is 11.1. The number of hydrogen-bond donors (Lipinski definition) is 1. The van der Waals surface area contributed by atoms with Crippen LogP contribution < -0.4 is 21.3 Å². The van der Waals surface area contributed by atoms with E-state index in [1.54, 1.807) is 23.2 Å². The molecular weight excluding hydrogens is 709 g/mol. The van der Waals surface area contributed by atoms with E-state index in [0.29, 0.717) is 43.8 Å². The molecule has 8 heteroatoms. The number of nitrogens with zero attached hydrogens (tertiary/aromatic N) is 3. The molecule has 4 aromatic carbocycles. The van der Waals surface area contributed by atoms with Gasteiger partial charge in [0.25, 0.3) is 11.1 Å². The summed E-state index contributed by atoms with van der Waals surface area (Å²) in [4.78, 5) is 50.7. The number of ketones is 2. The average molecular weight is 759 g/mol. The van der Waals surface area contributed by atoms with Crippen molar-refractivity contribution < 1.29 is 9.59 Å². The third kappa shape index (κ3) is 8.91. The van der Waals surface area contributed by atoms with Crippen LogP contribution in [-0.2, 0) is 62.5 Å². The van der Waals surface area contributed by atoms with Crippen molar-refractivity contribution in [3.63, 3.8) is 0 Å². The predicted molar refractivity (Wildman–Crippen MR) is 230 cm³/mol. The van der Waals surface area contributed by atoms with Gasteiger partial charge in [-0.1, -0.05) is 72.8 Å². The summed E-state index contributed by atoms with van der Waals surface area (Å²) in [6.45, 7) is 5.18. The molecule has 2 aromatic heterocycles. The smallest absolute Gasteiger partial charge is 0.253 e. The minimum Gasteiger partial charge on any atom is -0.381 e. The van der Waals surface area contributed by atoms with Gasteiger partial charge in [0.05, 0.1) is 0 Å². The van der Waals surface area contributed by atoms with Crippen LogP contribution in [0.5, 0.6) is 0 Å². The Bertz CT molecular complexity index is 2540. The molecule has 0 unspecified atom stereocenters. The summed E-state index contributed by atoms with van der Waals surface area (Å²) in [5.74, 6) is 0.596. The minimum absolute atomic E-state index is 0.0229. The third-order valence-electron chi connectivity index (χ3n) is 11.1. The van der Waals surface area contributed by atoms with Gasteiger partial charge in [0.1, 0.15) is 11.6 Å². The summed E-state index contributed by atoms with van der Waals surface area (Å²) in [5.41, 5.74) is 15.0. The van der Waals surface area contributed by atoms with Crippen LogP contribution in [0.15, 0.2) is 119 Å². The standard InChI is InChI=1S/C25H26N2O2.C24H24N2O2/c1-17-11-21(16-27(3)25(17)29)20-12-19-9-10-22(28)14-23(19)24(13-20)26(2)15-18-7-5-4-6-8-18;1-16-10-20(15-26(2)24(16)28)19-11-18-8-9-21(27)13-22(18)23(12-19)25-14-17-6-4-3-5-7-17/h4-8,11-13,16H,9-10,14-15H2,1-3H3;3-7,10-12,15,25H,8-9,13-14H2,1-2H3. The van der Waals surface area contributed by atoms with Gasteiger partial charge in [-0.05, 0) is 107 Å². The van der Waals surface area contributed by atoms with Gasteiger partial charge in [0.2, 0.25) is 0 Å². The van der Waals surface area contributed by atoms with Gasteiger partial charge < -0.3 is 19.4 Å². The molecule has 2 aliphatic rings. The first-order valence-electron chi connectivity index (χ1n) is 19.7. The number of anilines is 2. The Morgan fingerprint density at radius 1 is 0.579 bits per heavy atom. The van der Waals surface area contributed by atoms with Crippen molar-refractivity contribution in [2.75, 3.05) is 17.3 Å². The Morgan fingerprint density at radius 2 is 1.07 bits per heavy atom. The van der Waals surface area contributed by atoms with E-state index in [9.17, 15) is 19.2 Å². The zero-order valence-corrected chi connectivity index (χ0v) is 33.5. The molecular formula is C49H50N4O4. The van der Waals surface area contributed by atoms with Gasteiger partial charge in [0.15, 0.2) is 0 Å². The highest BCUT2D eigenvalue weighted by molar-refractivity contribution is 5.88. The van der Waals surface area contributed by atoms with Crippen molar-refractivity contribution in [2.24, 2.45) is 14.1 Å². The maximum Gasteiger partial charge on any atom is 0.253 e. The van der Waals surface area contributed by atoms with Crippen LogP contribution in [0.4, 0.5) is 11.4 Å². The van der Waals surface area contributed by atoms with Gasteiger partial charge in [-0.25, -0.2) is 0 Å². The SMILES string of the molecule is Cc1cc(-c2cc3c(c(N(C)Cc4ccccc4)c2)CC(=O)CC3)cn(C)c1=O.Cc1cc(-c2cc3c(c(NCc4ccccc4)c2)CC(=O)CC3)cn(C)c1=O. The maximum atomic E-state index is 12.2. The Morgan fingerprint density at radius 3 is 1.61 bits per heavy atom. The van der Waals surface area contributed by atoms with Crippen molar-refractivity contribution >= 4 is 22.9 Å². The number of Topliss-reactive ketones (excluding diaryl/α,β-unsaturated/α-hetero) is 2. The zero-order valence-electron chi connectivity index (χ0n) is 33.5. The van der Waals surface area contributed by atoms with E-state index in [0.717, 1.165) is 75.3 Å². The molecule has 0 atom stereocenters. The summed E-state index contributed by atoms with van der Waals surface area (Å²) < 4.78 is 3.27. The molecule has 8 rings (SSSR count). The van der Waals surface area contributed by atoms with Crippen molar-refractivity contribution in [2.45, 2.75) is 65.5 Å². The van der Waals surface area contributed by atoms with Crippen molar-refractivity contribution in [3.8, 4) is 22.3 Å². The van der Waals surface area contributed by atoms with E-state index in [1.807, 2.05) is 74.8 Å². The molecule has 0 fully saturated rings. The molecule has 2 aliphatic carbocycles. The fourth-order valence-electron chi connectivity index (χ4n) is 8.06. The van der Waals surface area contributed by atoms with Crippen LogP contribution in [0.3, 0.4) is 0 Å². The normalized spacial score (nSPS) is 13.3. The Hall–Kier alpha value is -6.28. The van der Waals surface area contributed by atoms with Crippen LogP contribution in [0.1, 0.15) is 57.3 Å². The molecule has 2 heterocycles. The van der Waals surface area contributed by atoms with Gasteiger partial charge in [-0.2, -0.15) is 0 Å². The first-order chi connectivity index (χ1) is 27.4. The largest absolute Gasteiger partial charge is 0.381 e. The highest BCUT2D eigenvalue weighted by Crippen LogP contribution is 2.36. The first-order valence-corrected chi connectivity index (χ1v) is 19.7. The van der Waals surface area contributed by atoms with E-state index in [4.69, 9.17) is 0 Å². The lowest BCUT2D eigenvalue weighted by Crippen LogP contribution is -2.22. The quantitative estimate of drug-likeness (QED) is 0.169. The number of pyridine rings is 2. The highest BCUT2D eigenvalue weighted by Gasteiger charge is 2.23. The monoisotopic (exact) mass is 758 g/mol. The van der Waals surface area contributed by atoms with Gasteiger partial charge >= 0.3 is 0 Å². The fourth-order valence-corrected chi connectivity index (χ4v) is 8.06. The molecule has 57 heavy (non-hydrogen) atoms. The second-order valence-corrected chi connectivity index (χ2v) is 15.6. The molecule has 0 saturated carbocycles. The van der Waals surface area contributed by atoms with E-state index < -0.39 is 0 Å². The van der Waals surface area contributed by atoms with Crippen molar-refractivity contribution in [1.82, 2.24) is 9.13 Å². The minimum atomic E-state index is 0.0229. The van der Waals surface area contributed by atoms with Gasteiger partial charge in [0, 0.05) is 94.8 Å². The molecule has 0 aliphatic heterocycles. The van der Waals surface area contributed by atoms with Crippen molar-refractivity contribution in [1.29, 1.82) is 0 Å². The summed E-state index contributed by atoms with van der Waals surface area (Å²) in [7, 11) is 5.65. The molecule has 0 radical (unpaired) electrons. The molecule has 0 bridgehead atoms.